The van der Waals surface area contributed by atoms with E-state index in [-0.39, 0.29) is 11.8 Å². The highest BCUT2D eigenvalue weighted by atomic mass is 35.5. The van der Waals surface area contributed by atoms with E-state index in [1.54, 1.807) is 0 Å². The number of anilines is 2. The van der Waals surface area contributed by atoms with E-state index < -0.39 is 0 Å². The van der Waals surface area contributed by atoms with Gasteiger partial charge in [-0.15, -0.1) is 20.4 Å². The number of hydrogen-bond acceptors (Lipinski definition) is 7. The fraction of sp³-hybridized carbons (Fsp3) is 0.316. The molecule has 28 heavy (non-hydrogen) atoms. The van der Waals surface area contributed by atoms with Crippen molar-refractivity contribution in [3.63, 3.8) is 0 Å². The molecule has 3 aromatic rings. The summed E-state index contributed by atoms with van der Waals surface area (Å²) in [5, 5.41) is 21.6. The van der Waals surface area contributed by atoms with Crippen LogP contribution in [0.15, 0.2) is 36.4 Å². The molecular formula is C19H19ClN6OS. The highest BCUT2D eigenvalue weighted by molar-refractivity contribution is 7.15. The van der Waals surface area contributed by atoms with Crippen molar-refractivity contribution in [2.24, 2.45) is 5.92 Å². The van der Waals surface area contributed by atoms with Crippen LogP contribution in [0.5, 0.6) is 0 Å². The van der Waals surface area contributed by atoms with Crippen molar-refractivity contribution >= 4 is 39.8 Å². The fourth-order valence-electron chi connectivity index (χ4n) is 3.22. The summed E-state index contributed by atoms with van der Waals surface area (Å²) in [5.41, 5.74) is 1.75. The summed E-state index contributed by atoms with van der Waals surface area (Å²) in [4.78, 5) is 14.7. The van der Waals surface area contributed by atoms with Gasteiger partial charge < -0.3 is 10.2 Å². The van der Waals surface area contributed by atoms with Gasteiger partial charge in [0.1, 0.15) is 5.01 Å². The van der Waals surface area contributed by atoms with Crippen LogP contribution >= 0.6 is 22.9 Å². The van der Waals surface area contributed by atoms with Crippen LogP contribution in [0.25, 0.3) is 11.3 Å². The van der Waals surface area contributed by atoms with Gasteiger partial charge in [-0.2, -0.15) is 0 Å². The Morgan fingerprint density at radius 3 is 2.64 bits per heavy atom. The smallest absolute Gasteiger partial charge is 0.231 e. The van der Waals surface area contributed by atoms with Crippen molar-refractivity contribution in [2.75, 3.05) is 23.3 Å². The van der Waals surface area contributed by atoms with E-state index in [0.717, 1.165) is 41.5 Å². The first-order valence-electron chi connectivity index (χ1n) is 9.04. The van der Waals surface area contributed by atoms with Gasteiger partial charge >= 0.3 is 0 Å². The van der Waals surface area contributed by atoms with Gasteiger partial charge in [0.05, 0.1) is 11.6 Å². The zero-order valence-electron chi connectivity index (χ0n) is 15.3. The van der Waals surface area contributed by atoms with Crippen molar-refractivity contribution in [2.45, 2.75) is 19.8 Å². The first kappa shape index (κ1) is 18.8. The van der Waals surface area contributed by atoms with Gasteiger partial charge in [0, 0.05) is 23.7 Å². The molecule has 7 nitrogen and oxygen atoms in total. The Kier molecular flexibility index (Phi) is 5.50. The van der Waals surface area contributed by atoms with E-state index in [2.05, 4.69) is 30.6 Å². The second-order valence-corrected chi connectivity index (χ2v) is 8.30. The molecule has 3 heterocycles. The molecule has 1 amide bonds. The molecular weight excluding hydrogens is 396 g/mol. The lowest BCUT2D eigenvalue weighted by molar-refractivity contribution is -0.120. The molecule has 1 atom stereocenters. The van der Waals surface area contributed by atoms with Gasteiger partial charge in [0.15, 0.2) is 5.82 Å². The number of piperidine rings is 1. The van der Waals surface area contributed by atoms with Crippen molar-refractivity contribution in [1.82, 2.24) is 20.4 Å². The average molecular weight is 415 g/mol. The first-order valence-corrected chi connectivity index (χ1v) is 10.2. The Bertz CT molecular complexity index is 959. The van der Waals surface area contributed by atoms with E-state index in [4.69, 9.17) is 11.6 Å². The minimum absolute atomic E-state index is 0.0217. The molecule has 0 radical (unpaired) electrons. The normalized spacial score (nSPS) is 16.8. The Balaban J connectivity index is 1.42. The Morgan fingerprint density at radius 1 is 1.14 bits per heavy atom. The summed E-state index contributed by atoms with van der Waals surface area (Å²) in [5.74, 6) is 0.643. The molecule has 0 bridgehead atoms. The number of benzene rings is 1. The maximum absolute atomic E-state index is 12.6. The molecule has 1 aliphatic heterocycles. The van der Waals surface area contributed by atoms with Crippen LogP contribution in [-0.2, 0) is 4.79 Å². The lowest BCUT2D eigenvalue weighted by atomic mass is 9.97. The Hall–Kier alpha value is -2.58. The molecule has 0 spiro atoms. The minimum Gasteiger partial charge on any atom is -0.354 e. The first-order chi connectivity index (χ1) is 13.6. The van der Waals surface area contributed by atoms with Gasteiger partial charge in [0.25, 0.3) is 0 Å². The summed E-state index contributed by atoms with van der Waals surface area (Å²) in [6.07, 6.45) is 1.77. The van der Waals surface area contributed by atoms with E-state index >= 15 is 0 Å². The quantitative estimate of drug-likeness (QED) is 0.698. The topological polar surface area (TPSA) is 83.9 Å². The number of aryl methyl sites for hydroxylation is 1. The molecule has 9 heteroatoms. The highest BCUT2D eigenvalue weighted by Gasteiger charge is 2.27. The summed E-state index contributed by atoms with van der Waals surface area (Å²) in [6.45, 7) is 3.33. The van der Waals surface area contributed by atoms with Crippen molar-refractivity contribution in [3.05, 3.63) is 46.4 Å². The molecule has 1 aromatic carbocycles. The largest absolute Gasteiger partial charge is 0.354 e. The molecule has 0 saturated carbocycles. The summed E-state index contributed by atoms with van der Waals surface area (Å²) >= 11 is 7.31. The van der Waals surface area contributed by atoms with Crippen LogP contribution in [0.2, 0.25) is 5.02 Å². The maximum Gasteiger partial charge on any atom is 0.231 e. The van der Waals surface area contributed by atoms with Gasteiger partial charge in [-0.3, -0.25) is 4.79 Å². The second kappa shape index (κ2) is 8.20. The standard InChI is InChI=1S/C19H19ClN6OS/c1-12-22-25-19(28-12)21-18(27)14-3-2-10-26(11-14)17-9-8-16(23-24-17)13-4-6-15(20)7-5-13/h4-9,14H,2-3,10-11H2,1H3,(H,21,25,27). The molecule has 1 N–H and O–H groups in total. The molecule has 0 aliphatic carbocycles. The second-order valence-electron chi connectivity index (χ2n) is 6.68. The van der Waals surface area contributed by atoms with E-state index in [1.807, 2.05) is 43.3 Å². The summed E-state index contributed by atoms with van der Waals surface area (Å²) in [7, 11) is 0. The van der Waals surface area contributed by atoms with Crippen LogP contribution in [0.1, 0.15) is 17.8 Å². The third kappa shape index (κ3) is 4.28. The van der Waals surface area contributed by atoms with Crippen molar-refractivity contribution in [1.29, 1.82) is 0 Å². The van der Waals surface area contributed by atoms with Gasteiger partial charge in [-0.05, 0) is 44.0 Å². The van der Waals surface area contributed by atoms with E-state index in [9.17, 15) is 4.79 Å². The number of rotatable bonds is 4. The summed E-state index contributed by atoms with van der Waals surface area (Å²) < 4.78 is 0. The van der Waals surface area contributed by atoms with Crippen LogP contribution in [0.4, 0.5) is 10.9 Å². The lowest BCUT2D eigenvalue weighted by Crippen LogP contribution is -2.41. The molecule has 2 aromatic heterocycles. The number of halogens is 1. The predicted molar refractivity (Wildman–Crippen MR) is 111 cm³/mol. The van der Waals surface area contributed by atoms with Crippen LogP contribution in [-0.4, -0.2) is 39.4 Å². The molecule has 1 saturated heterocycles. The van der Waals surface area contributed by atoms with Gasteiger partial charge in [-0.25, -0.2) is 0 Å². The number of nitrogens with zero attached hydrogens (tertiary/aromatic N) is 5. The molecule has 1 aliphatic rings. The van der Waals surface area contributed by atoms with Crippen LogP contribution in [0, 0.1) is 12.8 Å². The Morgan fingerprint density at radius 2 is 1.96 bits per heavy atom. The molecule has 1 unspecified atom stereocenters. The van der Waals surface area contributed by atoms with Gasteiger partial charge in [-0.1, -0.05) is 35.1 Å². The zero-order chi connectivity index (χ0) is 19.5. The van der Waals surface area contributed by atoms with E-state index in [0.29, 0.717) is 16.7 Å². The number of aromatic nitrogens is 4. The van der Waals surface area contributed by atoms with Gasteiger partial charge in [0.2, 0.25) is 11.0 Å². The highest BCUT2D eigenvalue weighted by Crippen LogP contribution is 2.25. The molecule has 4 rings (SSSR count). The van der Waals surface area contributed by atoms with Crippen molar-refractivity contribution < 1.29 is 4.79 Å². The number of carbonyl (C=O) groups excluding carboxylic acids is 1. The SMILES string of the molecule is Cc1nnc(NC(=O)C2CCCN(c3ccc(-c4ccc(Cl)cc4)nn3)C2)s1. The Labute approximate surface area is 171 Å². The monoisotopic (exact) mass is 414 g/mol. The van der Waals surface area contributed by atoms with Crippen LogP contribution < -0.4 is 10.2 Å². The number of carbonyl (C=O) groups is 1. The predicted octanol–water partition coefficient (Wildman–Crippen LogP) is 3.81. The number of amides is 1. The van der Waals surface area contributed by atoms with E-state index in [1.165, 1.54) is 11.3 Å². The van der Waals surface area contributed by atoms with Crippen LogP contribution in [0.3, 0.4) is 0 Å². The molecule has 1 fully saturated rings. The van der Waals surface area contributed by atoms with Crippen molar-refractivity contribution in [3.8, 4) is 11.3 Å². The lowest BCUT2D eigenvalue weighted by Gasteiger charge is -2.32. The maximum atomic E-state index is 12.6. The fourth-order valence-corrected chi connectivity index (χ4v) is 3.94. The third-order valence-electron chi connectivity index (χ3n) is 4.66. The number of nitrogens with one attached hydrogen (secondary N) is 1. The summed E-state index contributed by atoms with van der Waals surface area (Å²) in [6, 6.07) is 11.4. The third-order valence-corrected chi connectivity index (χ3v) is 5.67. The molecule has 144 valence electrons. The number of hydrogen-bond donors (Lipinski definition) is 1. The zero-order valence-corrected chi connectivity index (χ0v) is 16.9. The minimum atomic E-state index is -0.115. The average Bonchev–Trinajstić information content (AvgIpc) is 3.13.